The Balaban J connectivity index is 2.12. The quantitative estimate of drug-likeness (QED) is 0.747. The summed E-state index contributed by atoms with van der Waals surface area (Å²) < 4.78 is 41.3. The third-order valence-corrected chi connectivity index (χ3v) is 4.38. The van der Waals surface area contributed by atoms with E-state index < -0.39 is 44.3 Å². The van der Waals surface area contributed by atoms with Gasteiger partial charge in [0.1, 0.15) is 5.82 Å². The Labute approximate surface area is 154 Å². The molecule has 0 unspecified atom stereocenters. The van der Waals surface area contributed by atoms with E-state index in [1.165, 1.54) is 13.0 Å². The third-order valence-electron chi connectivity index (χ3n) is 3.23. The van der Waals surface area contributed by atoms with Crippen LogP contribution in [0.25, 0.3) is 0 Å². The van der Waals surface area contributed by atoms with Gasteiger partial charge in [-0.1, -0.05) is 17.7 Å². The summed E-state index contributed by atoms with van der Waals surface area (Å²) in [6.07, 6.45) is -1.28. The first-order valence-corrected chi connectivity index (χ1v) is 9.10. The fourth-order valence-corrected chi connectivity index (χ4v) is 2.66. The van der Waals surface area contributed by atoms with Crippen LogP contribution in [0.1, 0.15) is 17.3 Å². The Morgan fingerprint density at radius 1 is 1.23 bits per heavy atom. The molecule has 2 rings (SSSR count). The lowest BCUT2D eigenvalue weighted by molar-refractivity contribution is -0.123. The van der Waals surface area contributed by atoms with Gasteiger partial charge in [0.2, 0.25) is 10.0 Å². The first kappa shape index (κ1) is 19.8. The van der Waals surface area contributed by atoms with Gasteiger partial charge in [-0.25, -0.2) is 22.7 Å². The smallest absolute Gasteiger partial charge is 0.341 e. The molecule has 7 nitrogen and oxygen atoms in total. The lowest BCUT2D eigenvalue weighted by atomic mass is 10.2. The van der Waals surface area contributed by atoms with E-state index in [2.05, 4.69) is 5.32 Å². The molecule has 0 aliphatic rings. The maximum Gasteiger partial charge on any atom is 0.341 e. The van der Waals surface area contributed by atoms with Crippen molar-refractivity contribution in [1.29, 1.82) is 0 Å². The average molecular weight is 401 g/mol. The molecule has 0 aliphatic carbocycles. The number of primary sulfonamides is 1. The zero-order chi connectivity index (χ0) is 19.5. The number of halogens is 2. The first-order valence-electron chi connectivity index (χ1n) is 7.17. The number of hydrogen-bond donors (Lipinski definition) is 2. The summed E-state index contributed by atoms with van der Waals surface area (Å²) in [7, 11) is -4.13. The SMILES string of the molecule is C[C@@H](OC(=O)c1cc(S(N)(=O)=O)ccc1F)C(=O)Nc1cccc(Cl)c1. The van der Waals surface area contributed by atoms with E-state index in [4.69, 9.17) is 21.5 Å². The van der Waals surface area contributed by atoms with Crippen molar-refractivity contribution in [2.75, 3.05) is 5.32 Å². The van der Waals surface area contributed by atoms with Gasteiger partial charge >= 0.3 is 5.97 Å². The van der Waals surface area contributed by atoms with Gasteiger partial charge in [-0.15, -0.1) is 0 Å². The van der Waals surface area contributed by atoms with Gasteiger partial charge < -0.3 is 10.1 Å². The number of ether oxygens (including phenoxy) is 1. The fourth-order valence-electron chi connectivity index (χ4n) is 1.93. The van der Waals surface area contributed by atoms with E-state index in [0.29, 0.717) is 10.7 Å². The highest BCUT2D eigenvalue weighted by atomic mass is 35.5. The summed E-state index contributed by atoms with van der Waals surface area (Å²) in [5.74, 6) is -2.89. The number of anilines is 1. The van der Waals surface area contributed by atoms with Crippen LogP contribution >= 0.6 is 11.6 Å². The molecule has 2 aromatic rings. The van der Waals surface area contributed by atoms with Crippen LogP contribution in [0.2, 0.25) is 5.02 Å². The summed E-state index contributed by atoms with van der Waals surface area (Å²) in [4.78, 5) is 23.7. The summed E-state index contributed by atoms with van der Waals surface area (Å²) in [6, 6.07) is 8.72. The lowest BCUT2D eigenvalue weighted by Crippen LogP contribution is -2.30. The van der Waals surface area contributed by atoms with E-state index in [9.17, 15) is 22.4 Å². The molecule has 2 aromatic carbocycles. The molecule has 138 valence electrons. The summed E-state index contributed by atoms with van der Waals surface area (Å²) in [5, 5.41) is 7.82. The number of hydrogen-bond acceptors (Lipinski definition) is 5. The number of sulfonamides is 1. The second-order valence-corrected chi connectivity index (χ2v) is 7.23. The molecular formula is C16H14ClFN2O5S. The van der Waals surface area contributed by atoms with Crippen LogP contribution in [-0.2, 0) is 19.6 Å². The van der Waals surface area contributed by atoms with Crippen molar-refractivity contribution in [1.82, 2.24) is 0 Å². The number of amides is 1. The summed E-state index contributed by atoms with van der Waals surface area (Å²) in [6.45, 7) is 1.28. The van der Waals surface area contributed by atoms with Crippen LogP contribution < -0.4 is 10.5 Å². The molecule has 0 aliphatic heterocycles. The lowest BCUT2D eigenvalue weighted by Gasteiger charge is -2.14. The van der Waals surface area contributed by atoms with Crippen LogP contribution in [0.4, 0.5) is 10.1 Å². The highest BCUT2D eigenvalue weighted by Crippen LogP contribution is 2.17. The molecular weight excluding hydrogens is 387 g/mol. The predicted molar refractivity (Wildman–Crippen MR) is 92.7 cm³/mol. The number of nitrogens with two attached hydrogens (primary N) is 1. The minimum Gasteiger partial charge on any atom is -0.449 e. The molecule has 0 saturated carbocycles. The number of esters is 1. The van der Waals surface area contributed by atoms with Crippen LogP contribution in [-0.4, -0.2) is 26.4 Å². The van der Waals surface area contributed by atoms with Crippen LogP contribution in [0.15, 0.2) is 47.4 Å². The van der Waals surface area contributed by atoms with Crippen molar-refractivity contribution in [3.63, 3.8) is 0 Å². The number of rotatable bonds is 5. The van der Waals surface area contributed by atoms with Gasteiger partial charge in [0.15, 0.2) is 6.10 Å². The molecule has 0 fully saturated rings. The minimum absolute atomic E-state index is 0.382. The highest BCUT2D eigenvalue weighted by Gasteiger charge is 2.23. The molecule has 0 bridgehead atoms. The number of nitrogens with one attached hydrogen (secondary N) is 1. The van der Waals surface area contributed by atoms with Crippen molar-refractivity contribution in [3.8, 4) is 0 Å². The Bertz CT molecular complexity index is 965. The van der Waals surface area contributed by atoms with Crippen LogP contribution in [0.5, 0.6) is 0 Å². The standard InChI is InChI=1S/C16H14ClFN2O5S/c1-9(15(21)20-11-4-2-3-10(17)7-11)25-16(22)13-8-12(26(19,23)24)5-6-14(13)18/h2-9H,1H3,(H,20,21)(H2,19,23,24)/t9-/m1/s1. The minimum atomic E-state index is -4.13. The average Bonchev–Trinajstić information content (AvgIpc) is 2.53. The van der Waals surface area contributed by atoms with Crippen molar-refractivity contribution in [3.05, 3.63) is 58.9 Å². The molecule has 0 saturated heterocycles. The molecule has 1 amide bonds. The zero-order valence-corrected chi connectivity index (χ0v) is 15.0. The maximum atomic E-state index is 13.8. The molecule has 1 atom stereocenters. The van der Waals surface area contributed by atoms with E-state index in [1.807, 2.05) is 0 Å². The van der Waals surface area contributed by atoms with E-state index in [1.54, 1.807) is 18.2 Å². The highest BCUT2D eigenvalue weighted by molar-refractivity contribution is 7.89. The molecule has 0 spiro atoms. The van der Waals surface area contributed by atoms with Crippen LogP contribution in [0.3, 0.4) is 0 Å². The molecule has 26 heavy (non-hydrogen) atoms. The molecule has 0 aromatic heterocycles. The topological polar surface area (TPSA) is 116 Å². The third kappa shape index (κ3) is 5.01. The van der Waals surface area contributed by atoms with Crippen molar-refractivity contribution in [2.45, 2.75) is 17.9 Å². The van der Waals surface area contributed by atoms with E-state index in [0.717, 1.165) is 18.2 Å². The maximum absolute atomic E-state index is 13.8. The second kappa shape index (κ2) is 7.81. The monoisotopic (exact) mass is 400 g/mol. The summed E-state index contributed by atoms with van der Waals surface area (Å²) >= 11 is 5.80. The van der Waals surface area contributed by atoms with Crippen molar-refractivity contribution in [2.24, 2.45) is 5.14 Å². The second-order valence-electron chi connectivity index (χ2n) is 5.23. The Morgan fingerprint density at radius 2 is 1.92 bits per heavy atom. The molecule has 10 heteroatoms. The normalized spacial score (nSPS) is 12.3. The Kier molecular flexibility index (Phi) is 5.96. The predicted octanol–water partition coefficient (Wildman–Crippen LogP) is 2.31. The Morgan fingerprint density at radius 3 is 2.54 bits per heavy atom. The molecule has 0 radical (unpaired) electrons. The fraction of sp³-hybridized carbons (Fsp3) is 0.125. The summed E-state index contributed by atoms with van der Waals surface area (Å²) in [5.41, 5.74) is -0.272. The number of carbonyl (C=O) groups excluding carboxylic acids is 2. The van der Waals surface area contributed by atoms with Crippen LogP contribution in [0, 0.1) is 5.82 Å². The molecule has 3 N–H and O–H groups in total. The van der Waals surface area contributed by atoms with E-state index >= 15 is 0 Å². The van der Waals surface area contributed by atoms with Crippen molar-refractivity contribution >= 4 is 39.2 Å². The van der Waals surface area contributed by atoms with Gasteiger partial charge in [0, 0.05) is 10.7 Å². The van der Waals surface area contributed by atoms with E-state index in [-0.39, 0.29) is 0 Å². The Hall–Kier alpha value is -2.49. The van der Waals surface area contributed by atoms with Gasteiger partial charge in [0.25, 0.3) is 5.91 Å². The zero-order valence-electron chi connectivity index (χ0n) is 13.4. The number of benzene rings is 2. The molecule has 0 heterocycles. The largest absolute Gasteiger partial charge is 0.449 e. The van der Waals surface area contributed by atoms with Gasteiger partial charge in [-0.05, 0) is 43.3 Å². The van der Waals surface area contributed by atoms with Crippen molar-refractivity contribution < 1.29 is 27.1 Å². The number of carbonyl (C=O) groups is 2. The van der Waals surface area contributed by atoms with Gasteiger partial charge in [0.05, 0.1) is 10.5 Å². The van der Waals surface area contributed by atoms with Gasteiger partial charge in [-0.2, -0.15) is 0 Å². The first-order chi connectivity index (χ1) is 12.1. The van der Waals surface area contributed by atoms with Gasteiger partial charge in [-0.3, -0.25) is 4.79 Å².